The molecule has 0 aliphatic carbocycles. The lowest BCUT2D eigenvalue weighted by Gasteiger charge is -2.44. The van der Waals surface area contributed by atoms with Crippen LogP contribution < -0.4 is 21.9 Å². The summed E-state index contributed by atoms with van der Waals surface area (Å²) < 4.78 is 6.60. The van der Waals surface area contributed by atoms with Gasteiger partial charge < -0.3 is 9.22 Å². The first-order valence-corrected chi connectivity index (χ1v) is 13.1. The molecule has 2 aliphatic heterocycles. The van der Waals surface area contributed by atoms with Crippen molar-refractivity contribution in [2.75, 3.05) is 26.7 Å². The van der Waals surface area contributed by atoms with Gasteiger partial charge in [0.25, 0.3) is 0 Å². The number of benzene rings is 4. The van der Waals surface area contributed by atoms with Gasteiger partial charge in [0.05, 0.1) is 6.54 Å². The van der Waals surface area contributed by atoms with E-state index in [9.17, 15) is 0 Å². The topological polar surface area (TPSA) is 9.23 Å². The van der Waals surface area contributed by atoms with Gasteiger partial charge >= 0.3 is 0 Å². The average Bonchev–Trinajstić information content (AvgIpc) is 3.50. The molecule has 2 nitrogen and oxygen atoms in total. The van der Waals surface area contributed by atoms with Gasteiger partial charge in [-0.05, 0) is 6.08 Å². The minimum atomic E-state index is -1.22. The standard InChI is InChI=1S/C24H20B.C9H16NO/c1-5-13-21(14-6-1)25(22-15-7-2-8-16-22,23-17-9-3-10-18-23)24-19-11-4-12-20-24;1-3-4-10-6-8(10)5-9(7-10)11-2/h1-20H;3,8-9H,1,4-7H2,2H3/q-1;+1/t;8-,9-,10-/m.1/s1. The molecule has 0 N–H and O–H groups in total. The molecule has 4 aromatic carbocycles. The number of rotatable bonds is 7. The van der Waals surface area contributed by atoms with Crippen LogP contribution in [0.25, 0.3) is 0 Å². The highest BCUT2D eigenvalue weighted by molar-refractivity contribution is 7.19. The van der Waals surface area contributed by atoms with E-state index in [2.05, 4.69) is 128 Å². The molecular formula is C33H36BNO. The molecular weight excluding hydrogens is 437 g/mol. The third-order valence-electron chi connectivity index (χ3n) is 8.34. The second-order valence-electron chi connectivity index (χ2n) is 10.3. The Morgan fingerprint density at radius 3 is 1.39 bits per heavy atom. The number of ether oxygens (including phenoxy) is 1. The summed E-state index contributed by atoms with van der Waals surface area (Å²) in [6, 6.07) is 44.4. The predicted octanol–water partition coefficient (Wildman–Crippen LogP) is 3.85. The highest BCUT2D eigenvalue weighted by Gasteiger charge is 2.61. The van der Waals surface area contributed by atoms with Gasteiger partial charge in [-0.1, -0.05) is 128 Å². The Labute approximate surface area is 216 Å². The van der Waals surface area contributed by atoms with Crippen LogP contribution in [0.15, 0.2) is 134 Å². The van der Waals surface area contributed by atoms with E-state index < -0.39 is 6.15 Å². The monoisotopic (exact) mass is 473 g/mol. The average molecular weight is 473 g/mol. The Morgan fingerprint density at radius 2 is 1.08 bits per heavy atom. The molecule has 2 heterocycles. The fourth-order valence-electron chi connectivity index (χ4n) is 6.53. The van der Waals surface area contributed by atoms with E-state index in [1.54, 1.807) is 0 Å². The number of methoxy groups -OCH3 is 1. The number of fused-ring (bicyclic) bond motifs is 1. The van der Waals surface area contributed by atoms with Crippen LogP contribution in [0, 0.1) is 0 Å². The molecule has 0 unspecified atom stereocenters. The Balaban J connectivity index is 0.000000202. The van der Waals surface area contributed by atoms with Crippen LogP contribution in [0.5, 0.6) is 0 Å². The zero-order valence-corrected chi connectivity index (χ0v) is 21.2. The largest absolute Gasteiger partial charge is 0.375 e. The van der Waals surface area contributed by atoms with Gasteiger partial charge in [-0.2, -0.15) is 21.9 Å². The molecule has 3 heteroatoms. The van der Waals surface area contributed by atoms with Crippen molar-refractivity contribution in [3.05, 3.63) is 134 Å². The molecule has 2 aliphatic rings. The Hall–Kier alpha value is -3.40. The Kier molecular flexibility index (Phi) is 7.22. The summed E-state index contributed by atoms with van der Waals surface area (Å²) in [4.78, 5) is 0. The van der Waals surface area contributed by atoms with Crippen molar-refractivity contribution >= 4 is 28.0 Å². The van der Waals surface area contributed by atoms with Crippen molar-refractivity contribution in [2.45, 2.75) is 18.6 Å². The lowest BCUT2D eigenvalue weighted by molar-refractivity contribution is -0.798. The van der Waals surface area contributed by atoms with Crippen molar-refractivity contribution in [1.82, 2.24) is 0 Å². The smallest absolute Gasteiger partial charge is 0.142 e. The molecule has 182 valence electrons. The normalized spacial score (nSPS) is 22.1. The van der Waals surface area contributed by atoms with Crippen LogP contribution in [0.3, 0.4) is 0 Å². The summed E-state index contributed by atoms with van der Waals surface area (Å²) in [7, 11) is 1.82. The molecule has 0 saturated carbocycles. The quantitative estimate of drug-likeness (QED) is 0.172. The van der Waals surface area contributed by atoms with Crippen molar-refractivity contribution in [1.29, 1.82) is 0 Å². The van der Waals surface area contributed by atoms with Crippen molar-refractivity contribution in [3.8, 4) is 0 Å². The van der Waals surface area contributed by atoms with Crippen LogP contribution in [-0.2, 0) is 4.74 Å². The van der Waals surface area contributed by atoms with Crippen molar-refractivity contribution in [3.63, 3.8) is 0 Å². The molecule has 6 rings (SSSR count). The summed E-state index contributed by atoms with van der Waals surface area (Å²) in [5.41, 5.74) is 5.36. The lowest BCUT2D eigenvalue weighted by Crippen LogP contribution is -2.74. The minimum absolute atomic E-state index is 0.522. The van der Waals surface area contributed by atoms with Gasteiger partial charge in [0, 0.05) is 13.5 Å². The summed E-state index contributed by atoms with van der Waals surface area (Å²) in [6.07, 6.45) is 2.61. The number of quaternary nitrogens is 1. The summed E-state index contributed by atoms with van der Waals surface area (Å²) in [5, 5.41) is 0. The molecule has 0 aromatic heterocycles. The second-order valence-corrected chi connectivity index (χ2v) is 10.3. The van der Waals surface area contributed by atoms with Crippen LogP contribution in [0.4, 0.5) is 0 Å². The Bertz CT molecular complexity index is 1080. The fraction of sp³-hybridized carbons (Fsp3) is 0.212. The molecule has 0 spiro atoms. The molecule has 0 bridgehead atoms. The minimum Gasteiger partial charge on any atom is -0.375 e. The molecule has 0 radical (unpaired) electrons. The van der Waals surface area contributed by atoms with E-state index in [1.807, 2.05) is 13.2 Å². The highest BCUT2D eigenvalue weighted by atomic mass is 16.5. The molecule has 2 fully saturated rings. The maximum absolute atomic E-state index is 5.33. The van der Waals surface area contributed by atoms with Crippen LogP contribution in [0.2, 0.25) is 0 Å². The maximum atomic E-state index is 5.33. The Morgan fingerprint density at radius 1 is 0.694 bits per heavy atom. The van der Waals surface area contributed by atoms with E-state index in [-0.39, 0.29) is 0 Å². The molecule has 0 amide bonds. The first-order valence-electron chi connectivity index (χ1n) is 13.1. The number of hydrogen-bond acceptors (Lipinski definition) is 1. The number of nitrogens with zero attached hydrogens (tertiary/aromatic N) is 1. The predicted molar refractivity (Wildman–Crippen MR) is 154 cm³/mol. The van der Waals surface area contributed by atoms with Gasteiger partial charge in [-0.15, -0.1) is 0 Å². The lowest BCUT2D eigenvalue weighted by atomic mass is 9.13. The van der Waals surface area contributed by atoms with Crippen molar-refractivity contribution in [2.24, 2.45) is 0 Å². The first kappa shape index (κ1) is 24.3. The third-order valence-corrected chi connectivity index (χ3v) is 8.34. The van der Waals surface area contributed by atoms with Crippen molar-refractivity contribution < 1.29 is 9.22 Å². The fourth-order valence-corrected chi connectivity index (χ4v) is 6.53. The van der Waals surface area contributed by atoms with E-state index in [0.717, 1.165) is 12.6 Å². The maximum Gasteiger partial charge on any atom is 0.142 e. The van der Waals surface area contributed by atoms with Gasteiger partial charge in [0.1, 0.15) is 31.4 Å². The first-order chi connectivity index (χ1) is 17.7. The zero-order valence-electron chi connectivity index (χ0n) is 21.2. The number of hydrogen-bond donors (Lipinski definition) is 0. The molecule has 4 aromatic rings. The zero-order chi connectivity index (χ0) is 24.8. The highest BCUT2D eigenvalue weighted by Crippen LogP contribution is 2.41. The summed E-state index contributed by atoms with van der Waals surface area (Å²) in [6.45, 7) is 7.52. The third kappa shape index (κ3) is 4.57. The van der Waals surface area contributed by atoms with E-state index >= 15 is 0 Å². The molecule has 3 atom stereocenters. The number of piperidine rings is 1. The van der Waals surface area contributed by atoms with E-state index in [1.165, 1.54) is 45.8 Å². The molecule has 36 heavy (non-hydrogen) atoms. The van der Waals surface area contributed by atoms with Gasteiger partial charge in [0.15, 0.2) is 0 Å². The van der Waals surface area contributed by atoms with Gasteiger partial charge in [-0.25, -0.2) is 0 Å². The van der Waals surface area contributed by atoms with Crippen LogP contribution in [0.1, 0.15) is 6.42 Å². The van der Waals surface area contributed by atoms with Gasteiger partial charge in [0.2, 0.25) is 0 Å². The summed E-state index contributed by atoms with van der Waals surface area (Å²) >= 11 is 0. The SMILES string of the molecule is C=CC[N@@+]12C[C@H](OC)C[C@@H]1C2.c1ccc([B-](c2ccccc2)(c2ccccc2)c2ccccc2)cc1. The van der Waals surface area contributed by atoms with E-state index in [4.69, 9.17) is 4.74 Å². The molecule has 2 saturated heterocycles. The van der Waals surface area contributed by atoms with Crippen LogP contribution >= 0.6 is 0 Å². The van der Waals surface area contributed by atoms with Crippen LogP contribution in [-0.4, -0.2) is 49.5 Å². The van der Waals surface area contributed by atoms with E-state index in [0.29, 0.717) is 6.10 Å². The summed E-state index contributed by atoms with van der Waals surface area (Å²) in [5.74, 6) is 0. The van der Waals surface area contributed by atoms with Gasteiger partial charge in [-0.3, -0.25) is 0 Å². The second kappa shape index (κ2) is 10.7.